The Labute approximate surface area is 125 Å². The molecule has 0 bridgehead atoms. The van der Waals surface area contributed by atoms with E-state index in [-0.39, 0.29) is 5.91 Å². The first-order valence-corrected chi connectivity index (χ1v) is 7.34. The van der Waals surface area contributed by atoms with Crippen molar-refractivity contribution in [2.24, 2.45) is 0 Å². The van der Waals surface area contributed by atoms with Crippen LogP contribution in [0.5, 0.6) is 0 Å². The minimum Gasteiger partial charge on any atom is -0.379 e. The van der Waals surface area contributed by atoms with Crippen molar-refractivity contribution in [2.75, 3.05) is 39.4 Å². The smallest absolute Gasteiger partial charge is 0.220 e. The normalized spacial score (nSPS) is 15.4. The van der Waals surface area contributed by atoms with Crippen molar-refractivity contribution in [3.8, 4) is 6.07 Å². The molecule has 5 nitrogen and oxygen atoms in total. The molecule has 1 aliphatic heterocycles. The summed E-state index contributed by atoms with van der Waals surface area (Å²) in [6, 6.07) is 9.46. The van der Waals surface area contributed by atoms with Crippen LogP contribution in [0.1, 0.15) is 17.5 Å². The number of hydrogen-bond donors (Lipinski definition) is 1. The fourth-order valence-electron chi connectivity index (χ4n) is 2.27. The number of carbonyl (C=O) groups excluding carboxylic acids is 1. The molecular weight excluding hydrogens is 266 g/mol. The summed E-state index contributed by atoms with van der Waals surface area (Å²) < 4.78 is 5.28. The Hall–Kier alpha value is -1.90. The molecule has 0 atom stereocenters. The van der Waals surface area contributed by atoms with E-state index in [9.17, 15) is 4.79 Å². The zero-order valence-electron chi connectivity index (χ0n) is 12.2. The molecule has 1 heterocycles. The van der Waals surface area contributed by atoms with Crippen LogP contribution in [0.2, 0.25) is 0 Å². The lowest BCUT2D eigenvalue weighted by Crippen LogP contribution is -2.41. The second-order valence-electron chi connectivity index (χ2n) is 5.11. The maximum absolute atomic E-state index is 11.8. The van der Waals surface area contributed by atoms with Crippen LogP contribution < -0.4 is 5.32 Å². The summed E-state index contributed by atoms with van der Waals surface area (Å²) in [6.45, 7) is 5.03. The van der Waals surface area contributed by atoms with E-state index in [2.05, 4.69) is 16.3 Å². The van der Waals surface area contributed by atoms with Crippen molar-refractivity contribution in [2.45, 2.75) is 12.8 Å². The van der Waals surface area contributed by atoms with E-state index in [0.29, 0.717) is 24.9 Å². The number of benzene rings is 1. The monoisotopic (exact) mass is 287 g/mol. The summed E-state index contributed by atoms with van der Waals surface area (Å²) in [4.78, 5) is 14.1. The number of amides is 1. The van der Waals surface area contributed by atoms with Crippen molar-refractivity contribution in [1.82, 2.24) is 10.2 Å². The highest BCUT2D eigenvalue weighted by Crippen LogP contribution is 2.05. The number of morpholine rings is 1. The van der Waals surface area contributed by atoms with E-state index < -0.39 is 0 Å². The summed E-state index contributed by atoms with van der Waals surface area (Å²) in [5.41, 5.74) is 1.73. The molecule has 1 N–H and O–H groups in total. The SMILES string of the molecule is N#Cc1ccc(CCC(=O)NCCN2CCOCC2)cc1. The number of ether oxygens (including phenoxy) is 1. The number of nitriles is 1. The number of nitrogens with zero attached hydrogens (tertiary/aromatic N) is 2. The highest BCUT2D eigenvalue weighted by Gasteiger charge is 2.10. The van der Waals surface area contributed by atoms with Gasteiger partial charge in [0.2, 0.25) is 5.91 Å². The lowest BCUT2D eigenvalue weighted by atomic mass is 10.1. The molecule has 0 saturated carbocycles. The minimum absolute atomic E-state index is 0.0765. The molecular formula is C16H21N3O2. The molecule has 2 rings (SSSR count). The molecule has 0 aromatic heterocycles. The van der Waals surface area contributed by atoms with Crippen LogP contribution in [0, 0.1) is 11.3 Å². The van der Waals surface area contributed by atoms with Gasteiger partial charge in [-0.25, -0.2) is 0 Å². The van der Waals surface area contributed by atoms with Crippen LogP contribution in [0.3, 0.4) is 0 Å². The Morgan fingerprint density at radius 3 is 2.67 bits per heavy atom. The maximum Gasteiger partial charge on any atom is 0.220 e. The second kappa shape index (κ2) is 8.40. The van der Waals surface area contributed by atoms with Gasteiger partial charge in [-0.3, -0.25) is 9.69 Å². The highest BCUT2D eigenvalue weighted by molar-refractivity contribution is 5.76. The Morgan fingerprint density at radius 1 is 1.29 bits per heavy atom. The Kier molecular flexibility index (Phi) is 6.20. The standard InChI is InChI=1S/C16H21N3O2/c17-13-15-3-1-14(2-4-15)5-6-16(20)18-7-8-19-9-11-21-12-10-19/h1-4H,5-12H2,(H,18,20). The summed E-state index contributed by atoms with van der Waals surface area (Å²) in [6.07, 6.45) is 1.18. The fourth-order valence-corrected chi connectivity index (χ4v) is 2.27. The summed E-state index contributed by atoms with van der Waals surface area (Å²) in [7, 11) is 0. The van der Waals surface area contributed by atoms with Crippen LogP contribution in [0.25, 0.3) is 0 Å². The van der Waals surface area contributed by atoms with Crippen molar-refractivity contribution < 1.29 is 9.53 Å². The highest BCUT2D eigenvalue weighted by atomic mass is 16.5. The molecule has 1 aliphatic rings. The largest absolute Gasteiger partial charge is 0.379 e. The van der Waals surface area contributed by atoms with Crippen molar-refractivity contribution >= 4 is 5.91 Å². The third kappa shape index (κ3) is 5.54. The lowest BCUT2D eigenvalue weighted by Gasteiger charge is -2.26. The van der Waals surface area contributed by atoms with Crippen LogP contribution in [-0.2, 0) is 16.0 Å². The van der Waals surface area contributed by atoms with Crippen LogP contribution in [0.4, 0.5) is 0 Å². The fraction of sp³-hybridized carbons (Fsp3) is 0.500. The molecule has 112 valence electrons. The van der Waals surface area contributed by atoms with Crippen molar-refractivity contribution in [3.63, 3.8) is 0 Å². The Morgan fingerprint density at radius 2 is 2.00 bits per heavy atom. The average Bonchev–Trinajstić information content (AvgIpc) is 2.54. The van der Waals surface area contributed by atoms with Crippen LogP contribution in [-0.4, -0.2) is 50.2 Å². The topological polar surface area (TPSA) is 65.4 Å². The van der Waals surface area contributed by atoms with Gasteiger partial charge in [0.25, 0.3) is 0 Å². The number of aryl methyl sites for hydroxylation is 1. The number of rotatable bonds is 6. The molecule has 1 fully saturated rings. The Bertz CT molecular complexity index is 487. The van der Waals surface area contributed by atoms with E-state index in [1.807, 2.05) is 12.1 Å². The first kappa shape index (κ1) is 15.5. The lowest BCUT2D eigenvalue weighted by molar-refractivity contribution is -0.121. The quantitative estimate of drug-likeness (QED) is 0.845. The van der Waals surface area contributed by atoms with Gasteiger partial charge in [-0.05, 0) is 24.1 Å². The van der Waals surface area contributed by atoms with Crippen molar-refractivity contribution in [3.05, 3.63) is 35.4 Å². The van der Waals surface area contributed by atoms with Gasteiger partial charge in [0.1, 0.15) is 0 Å². The van der Waals surface area contributed by atoms with Crippen molar-refractivity contribution in [1.29, 1.82) is 5.26 Å². The zero-order chi connectivity index (χ0) is 14.9. The molecule has 0 unspecified atom stereocenters. The third-order valence-electron chi connectivity index (χ3n) is 3.58. The molecule has 0 radical (unpaired) electrons. The van der Waals surface area contributed by atoms with E-state index in [4.69, 9.17) is 10.00 Å². The van der Waals surface area contributed by atoms with Crippen LogP contribution >= 0.6 is 0 Å². The summed E-state index contributed by atoms with van der Waals surface area (Å²) in [5.74, 6) is 0.0765. The molecule has 1 saturated heterocycles. The van der Waals surface area contributed by atoms with E-state index >= 15 is 0 Å². The van der Waals surface area contributed by atoms with Gasteiger partial charge in [-0.1, -0.05) is 12.1 Å². The zero-order valence-corrected chi connectivity index (χ0v) is 12.2. The summed E-state index contributed by atoms with van der Waals surface area (Å²) in [5, 5.41) is 11.7. The van der Waals surface area contributed by atoms with Crippen LogP contribution in [0.15, 0.2) is 24.3 Å². The first-order chi connectivity index (χ1) is 10.3. The predicted molar refractivity (Wildman–Crippen MR) is 79.7 cm³/mol. The number of nitrogens with one attached hydrogen (secondary N) is 1. The molecule has 1 aromatic rings. The van der Waals surface area contributed by atoms with Gasteiger partial charge in [0, 0.05) is 32.6 Å². The van der Waals surface area contributed by atoms with E-state index in [1.165, 1.54) is 0 Å². The third-order valence-corrected chi connectivity index (χ3v) is 3.58. The summed E-state index contributed by atoms with van der Waals surface area (Å²) >= 11 is 0. The first-order valence-electron chi connectivity index (χ1n) is 7.34. The van der Waals surface area contributed by atoms with Gasteiger partial charge >= 0.3 is 0 Å². The molecule has 0 spiro atoms. The minimum atomic E-state index is 0.0765. The van der Waals surface area contributed by atoms with Gasteiger partial charge in [0.15, 0.2) is 0 Å². The average molecular weight is 287 g/mol. The Balaban J connectivity index is 1.61. The molecule has 5 heteroatoms. The molecule has 21 heavy (non-hydrogen) atoms. The van der Waals surface area contributed by atoms with Gasteiger partial charge in [-0.2, -0.15) is 5.26 Å². The molecule has 0 aliphatic carbocycles. The predicted octanol–water partition coefficient (Wildman–Crippen LogP) is 0.939. The molecule has 1 amide bonds. The number of carbonyl (C=O) groups is 1. The number of hydrogen-bond acceptors (Lipinski definition) is 4. The van der Waals surface area contributed by atoms with E-state index in [0.717, 1.165) is 38.4 Å². The van der Waals surface area contributed by atoms with E-state index in [1.54, 1.807) is 12.1 Å². The van der Waals surface area contributed by atoms with Gasteiger partial charge < -0.3 is 10.1 Å². The maximum atomic E-state index is 11.8. The second-order valence-corrected chi connectivity index (χ2v) is 5.11. The van der Waals surface area contributed by atoms with Gasteiger partial charge in [-0.15, -0.1) is 0 Å². The molecule has 1 aromatic carbocycles. The van der Waals surface area contributed by atoms with Gasteiger partial charge in [0.05, 0.1) is 24.8 Å².